The van der Waals surface area contributed by atoms with E-state index in [-0.39, 0.29) is 16.5 Å². The maximum atomic E-state index is 12.0. The summed E-state index contributed by atoms with van der Waals surface area (Å²) in [6.45, 7) is 0. The number of anilines is 1. The summed E-state index contributed by atoms with van der Waals surface area (Å²) >= 11 is 11.8. The van der Waals surface area contributed by atoms with Crippen molar-refractivity contribution in [2.45, 2.75) is 5.75 Å². The smallest absolute Gasteiger partial charge is 0.236 e. The number of benzene rings is 2. The molecule has 1 N–H and O–H groups in total. The molecule has 0 unspecified atom stereocenters. The molecule has 0 saturated carbocycles. The number of sulfonamides is 1. The van der Waals surface area contributed by atoms with Crippen LogP contribution in [0.25, 0.3) is 0 Å². The third-order valence-electron chi connectivity index (χ3n) is 2.42. The molecule has 0 fully saturated rings. The van der Waals surface area contributed by atoms with Crippen LogP contribution < -0.4 is 4.72 Å². The summed E-state index contributed by atoms with van der Waals surface area (Å²) in [7, 11) is -3.52. The first-order valence-electron chi connectivity index (χ1n) is 5.46. The molecule has 100 valence electrons. The summed E-state index contributed by atoms with van der Waals surface area (Å²) in [5.74, 6) is -0.114. The van der Waals surface area contributed by atoms with E-state index in [4.69, 9.17) is 23.2 Å². The van der Waals surface area contributed by atoms with Crippen LogP contribution in [0.3, 0.4) is 0 Å². The fourth-order valence-corrected chi connectivity index (χ4v) is 3.19. The fraction of sp³-hybridized carbons (Fsp3) is 0.0769. The molecule has 0 radical (unpaired) electrons. The first-order valence-corrected chi connectivity index (χ1v) is 7.87. The molecule has 2 aromatic carbocycles. The number of rotatable bonds is 4. The average molecular weight is 316 g/mol. The lowest BCUT2D eigenvalue weighted by Crippen LogP contribution is -2.15. The molecule has 19 heavy (non-hydrogen) atoms. The van der Waals surface area contributed by atoms with Gasteiger partial charge < -0.3 is 0 Å². The lowest BCUT2D eigenvalue weighted by atomic mass is 10.2. The van der Waals surface area contributed by atoms with E-state index in [2.05, 4.69) is 4.72 Å². The largest absolute Gasteiger partial charge is 0.282 e. The van der Waals surface area contributed by atoms with Crippen molar-refractivity contribution in [2.24, 2.45) is 0 Å². The van der Waals surface area contributed by atoms with Gasteiger partial charge in [0.1, 0.15) is 0 Å². The van der Waals surface area contributed by atoms with E-state index in [1.54, 1.807) is 42.5 Å². The number of hydrogen-bond acceptors (Lipinski definition) is 2. The molecule has 0 aliphatic heterocycles. The SMILES string of the molecule is O=S(=O)(Cc1ccccc1)Nc1cccc(Cl)c1Cl. The van der Waals surface area contributed by atoms with Crippen molar-refractivity contribution >= 4 is 38.9 Å². The minimum Gasteiger partial charge on any atom is -0.282 e. The third-order valence-corrected chi connectivity index (χ3v) is 4.48. The van der Waals surface area contributed by atoms with E-state index in [0.717, 1.165) is 0 Å². The van der Waals surface area contributed by atoms with Crippen LogP contribution in [0.2, 0.25) is 10.0 Å². The summed E-state index contributed by atoms with van der Waals surface area (Å²) < 4.78 is 26.5. The summed E-state index contributed by atoms with van der Waals surface area (Å²) in [6.07, 6.45) is 0. The summed E-state index contributed by atoms with van der Waals surface area (Å²) in [4.78, 5) is 0. The van der Waals surface area contributed by atoms with Gasteiger partial charge >= 0.3 is 0 Å². The van der Waals surface area contributed by atoms with Crippen molar-refractivity contribution in [3.63, 3.8) is 0 Å². The number of halogens is 2. The Kier molecular flexibility index (Phi) is 4.34. The van der Waals surface area contributed by atoms with Gasteiger partial charge in [-0.1, -0.05) is 59.6 Å². The van der Waals surface area contributed by atoms with E-state index in [1.165, 1.54) is 0 Å². The molecule has 0 aliphatic rings. The van der Waals surface area contributed by atoms with Crippen LogP contribution in [0.4, 0.5) is 5.69 Å². The third kappa shape index (κ3) is 3.86. The van der Waals surface area contributed by atoms with Gasteiger partial charge in [-0.3, -0.25) is 4.72 Å². The number of nitrogens with one attached hydrogen (secondary N) is 1. The predicted molar refractivity (Wildman–Crippen MR) is 79.2 cm³/mol. The quantitative estimate of drug-likeness (QED) is 0.929. The van der Waals surface area contributed by atoms with Crippen molar-refractivity contribution in [3.8, 4) is 0 Å². The Bertz CT molecular complexity index is 672. The van der Waals surface area contributed by atoms with E-state index in [0.29, 0.717) is 10.6 Å². The second-order valence-corrected chi connectivity index (χ2v) is 6.46. The maximum absolute atomic E-state index is 12.0. The second kappa shape index (κ2) is 5.82. The second-order valence-electron chi connectivity index (χ2n) is 3.95. The molecule has 2 aromatic rings. The molecule has 0 aliphatic carbocycles. The first kappa shape index (κ1) is 14.2. The standard InChI is InChI=1S/C13H11Cl2NO2S/c14-11-7-4-8-12(13(11)15)16-19(17,18)9-10-5-2-1-3-6-10/h1-8,16H,9H2. The van der Waals surface area contributed by atoms with E-state index in [1.807, 2.05) is 6.07 Å². The maximum Gasteiger partial charge on any atom is 0.236 e. The summed E-state index contributed by atoms with van der Waals surface area (Å²) in [5.41, 5.74) is 0.984. The molecule has 2 rings (SSSR count). The topological polar surface area (TPSA) is 46.2 Å². The van der Waals surface area contributed by atoms with Crippen molar-refractivity contribution in [1.29, 1.82) is 0 Å². The molecule has 0 heterocycles. The molecular formula is C13H11Cl2NO2S. The van der Waals surface area contributed by atoms with Crippen LogP contribution in [0.15, 0.2) is 48.5 Å². The van der Waals surface area contributed by atoms with Gasteiger partial charge in [-0.15, -0.1) is 0 Å². The lowest BCUT2D eigenvalue weighted by molar-refractivity contribution is 0.600. The minimum absolute atomic E-state index is 0.114. The molecule has 0 atom stereocenters. The monoisotopic (exact) mass is 315 g/mol. The molecular weight excluding hydrogens is 305 g/mol. The Morgan fingerprint density at radius 2 is 1.63 bits per heavy atom. The zero-order chi connectivity index (χ0) is 13.9. The van der Waals surface area contributed by atoms with Crippen LogP contribution in [0, 0.1) is 0 Å². The Hall–Kier alpha value is -1.23. The van der Waals surface area contributed by atoms with Gasteiger partial charge in [-0.05, 0) is 17.7 Å². The molecule has 0 aromatic heterocycles. The fourth-order valence-electron chi connectivity index (χ4n) is 1.58. The normalized spacial score (nSPS) is 11.3. The van der Waals surface area contributed by atoms with Gasteiger partial charge in [0.25, 0.3) is 0 Å². The number of hydrogen-bond donors (Lipinski definition) is 1. The summed E-state index contributed by atoms with van der Waals surface area (Å²) in [6, 6.07) is 13.7. The van der Waals surface area contributed by atoms with E-state index < -0.39 is 10.0 Å². The minimum atomic E-state index is -3.52. The van der Waals surface area contributed by atoms with Gasteiger partial charge in [-0.2, -0.15) is 0 Å². The van der Waals surface area contributed by atoms with Crippen LogP contribution >= 0.6 is 23.2 Å². The molecule has 0 amide bonds. The van der Waals surface area contributed by atoms with Crippen LogP contribution in [0.1, 0.15) is 5.56 Å². The van der Waals surface area contributed by atoms with Crippen LogP contribution in [-0.4, -0.2) is 8.42 Å². The average Bonchev–Trinajstić information content (AvgIpc) is 2.35. The molecule has 0 saturated heterocycles. The van der Waals surface area contributed by atoms with E-state index in [9.17, 15) is 8.42 Å². The van der Waals surface area contributed by atoms with Crippen molar-refractivity contribution in [3.05, 3.63) is 64.1 Å². The van der Waals surface area contributed by atoms with Gasteiger partial charge in [0.05, 0.1) is 21.5 Å². The first-order chi connectivity index (χ1) is 8.98. The van der Waals surface area contributed by atoms with Gasteiger partial charge in [0, 0.05) is 0 Å². The Morgan fingerprint density at radius 1 is 0.947 bits per heavy atom. The zero-order valence-corrected chi connectivity index (χ0v) is 12.1. The van der Waals surface area contributed by atoms with E-state index >= 15 is 0 Å². The zero-order valence-electron chi connectivity index (χ0n) is 9.81. The Morgan fingerprint density at radius 3 is 2.32 bits per heavy atom. The van der Waals surface area contributed by atoms with Crippen molar-refractivity contribution < 1.29 is 8.42 Å². The van der Waals surface area contributed by atoms with Gasteiger partial charge in [0.15, 0.2) is 0 Å². The highest BCUT2D eigenvalue weighted by molar-refractivity contribution is 7.91. The highest BCUT2D eigenvalue weighted by Crippen LogP contribution is 2.30. The molecule has 0 bridgehead atoms. The predicted octanol–water partition coefficient (Wildman–Crippen LogP) is 3.94. The van der Waals surface area contributed by atoms with Crippen molar-refractivity contribution in [2.75, 3.05) is 4.72 Å². The highest BCUT2D eigenvalue weighted by Gasteiger charge is 2.14. The van der Waals surface area contributed by atoms with Gasteiger partial charge in [0.2, 0.25) is 10.0 Å². The van der Waals surface area contributed by atoms with Crippen LogP contribution in [-0.2, 0) is 15.8 Å². The highest BCUT2D eigenvalue weighted by atomic mass is 35.5. The molecule has 6 heteroatoms. The lowest BCUT2D eigenvalue weighted by Gasteiger charge is -2.10. The van der Waals surface area contributed by atoms with Crippen LogP contribution in [0.5, 0.6) is 0 Å². The Labute approximate surface area is 122 Å². The van der Waals surface area contributed by atoms with Crippen molar-refractivity contribution in [1.82, 2.24) is 0 Å². The molecule has 0 spiro atoms. The summed E-state index contributed by atoms with van der Waals surface area (Å²) in [5, 5.41) is 0.502. The Balaban J connectivity index is 2.20. The molecule has 3 nitrogen and oxygen atoms in total. The van der Waals surface area contributed by atoms with Gasteiger partial charge in [-0.25, -0.2) is 8.42 Å².